The van der Waals surface area contributed by atoms with E-state index in [0.717, 1.165) is 6.42 Å². The van der Waals surface area contributed by atoms with Crippen LogP contribution in [0.2, 0.25) is 0 Å². The highest BCUT2D eigenvalue weighted by Crippen LogP contribution is 2.24. The molecule has 0 aliphatic heterocycles. The summed E-state index contributed by atoms with van der Waals surface area (Å²) >= 11 is 0. The molecule has 14 heavy (non-hydrogen) atoms. The zero-order chi connectivity index (χ0) is 10.6. The molecule has 0 aromatic heterocycles. The van der Waals surface area contributed by atoms with Crippen LogP contribution in [0.5, 0.6) is 0 Å². The van der Waals surface area contributed by atoms with Gasteiger partial charge in [0, 0.05) is 18.7 Å². The first-order chi connectivity index (χ1) is 6.68. The Labute approximate surface area is 83.7 Å². The van der Waals surface area contributed by atoms with Crippen molar-refractivity contribution in [2.75, 3.05) is 6.54 Å². The molecule has 0 aromatic carbocycles. The number of nitrogens with zero attached hydrogens (tertiary/aromatic N) is 3. The van der Waals surface area contributed by atoms with Gasteiger partial charge in [0.2, 0.25) is 0 Å². The van der Waals surface area contributed by atoms with Gasteiger partial charge in [-0.2, -0.15) is 9.85 Å². The summed E-state index contributed by atoms with van der Waals surface area (Å²) in [6, 6.07) is 0. The number of likely N-dealkylation sites (N-methyl/N-ethyl adjacent to an activating group) is 1. The van der Waals surface area contributed by atoms with E-state index in [1.165, 1.54) is 5.06 Å². The van der Waals surface area contributed by atoms with Crippen molar-refractivity contribution in [3.8, 4) is 0 Å². The van der Waals surface area contributed by atoms with E-state index in [0.29, 0.717) is 12.3 Å². The molecular weight excluding hydrogens is 178 g/mol. The molecule has 1 aliphatic rings. The normalized spacial score (nSPS) is 25.6. The van der Waals surface area contributed by atoms with Crippen molar-refractivity contribution in [1.82, 2.24) is 5.06 Å². The van der Waals surface area contributed by atoms with Gasteiger partial charge in [0.25, 0.3) is 0 Å². The number of hydrogen-bond acceptors (Lipinski definition) is 2. The van der Waals surface area contributed by atoms with Gasteiger partial charge >= 0.3 is 5.71 Å². The Bertz CT molecular complexity index is 297. The maximum atomic E-state index is 9.72. The Hall–Kier alpha value is -1.22. The van der Waals surface area contributed by atoms with Crippen LogP contribution in [0.4, 0.5) is 0 Å². The van der Waals surface area contributed by atoms with Crippen molar-refractivity contribution in [3.05, 3.63) is 29.8 Å². The highest BCUT2D eigenvalue weighted by atomic mass is 16.5. The number of allylic oxidation sites excluding steroid dienone is 2. The van der Waals surface area contributed by atoms with Crippen molar-refractivity contribution < 1.29 is 10.00 Å². The van der Waals surface area contributed by atoms with Crippen LogP contribution in [0.25, 0.3) is 5.53 Å². The summed E-state index contributed by atoms with van der Waals surface area (Å²) in [5, 5.41) is 11.0. The van der Waals surface area contributed by atoms with E-state index in [9.17, 15) is 5.21 Å². The average Bonchev–Trinajstić information content (AvgIpc) is 2.28. The molecule has 0 heterocycles. The molecule has 0 saturated carbocycles. The number of hydroxylamine groups is 2. The summed E-state index contributed by atoms with van der Waals surface area (Å²) in [6.45, 7) is 4.43. The summed E-state index contributed by atoms with van der Waals surface area (Å²) in [5.41, 5.74) is 8.58. The first kappa shape index (κ1) is 10.9. The summed E-state index contributed by atoms with van der Waals surface area (Å²) in [6.07, 6.45) is 7.84. The van der Waals surface area contributed by atoms with Gasteiger partial charge in [-0.25, -0.2) is 0 Å². The monoisotopic (exact) mass is 193 g/mol. The Morgan fingerprint density at radius 2 is 2.00 bits per heavy atom. The van der Waals surface area contributed by atoms with Crippen LogP contribution in [0.15, 0.2) is 24.3 Å². The van der Waals surface area contributed by atoms with Crippen LogP contribution in [-0.2, 0) is 0 Å². The van der Waals surface area contributed by atoms with E-state index in [-0.39, 0.29) is 0 Å². The molecule has 0 radical (unpaired) electrons. The van der Waals surface area contributed by atoms with Crippen molar-refractivity contribution in [1.29, 1.82) is 0 Å². The minimum atomic E-state index is -0.455. The lowest BCUT2D eigenvalue weighted by molar-refractivity contribution is -0.137. The van der Waals surface area contributed by atoms with Crippen LogP contribution >= 0.6 is 0 Å². The third-order valence-corrected chi connectivity index (χ3v) is 2.55. The fraction of sp³-hybridized carbons (Fsp3) is 0.500. The molecule has 0 amide bonds. The van der Waals surface area contributed by atoms with Crippen molar-refractivity contribution in [2.24, 2.45) is 0 Å². The largest absolute Gasteiger partial charge is 0.361 e. The highest BCUT2D eigenvalue weighted by molar-refractivity contribution is 6.01. The van der Waals surface area contributed by atoms with E-state index in [1.54, 1.807) is 12.2 Å². The molecule has 76 valence electrons. The zero-order valence-electron chi connectivity index (χ0n) is 8.51. The van der Waals surface area contributed by atoms with Gasteiger partial charge in [-0.1, -0.05) is 26.0 Å². The van der Waals surface area contributed by atoms with Gasteiger partial charge in [0.15, 0.2) is 0 Å². The molecule has 4 nitrogen and oxygen atoms in total. The molecule has 0 spiro atoms. The molecular formula is C10H15N3O. The second kappa shape index (κ2) is 4.33. The molecule has 0 bridgehead atoms. The Morgan fingerprint density at radius 1 is 1.43 bits per heavy atom. The number of hydrogen-bond donors (Lipinski definition) is 1. The number of rotatable bonds is 3. The van der Waals surface area contributed by atoms with Gasteiger partial charge in [-0.15, -0.1) is 0 Å². The fourth-order valence-electron chi connectivity index (χ4n) is 1.52. The first-order valence-electron chi connectivity index (χ1n) is 4.75. The van der Waals surface area contributed by atoms with Crippen molar-refractivity contribution in [3.63, 3.8) is 0 Å². The predicted molar refractivity (Wildman–Crippen MR) is 54.1 cm³/mol. The minimum Gasteiger partial charge on any atom is -0.361 e. The lowest BCUT2D eigenvalue weighted by Gasteiger charge is -2.34. The van der Waals surface area contributed by atoms with Crippen molar-refractivity contribution >= 4 is 5.71 Å². The first-order valence-corrected chi connectivity index (χ1v) is 4.75. The molecule has 0 aromatic rings. The molecule has 0 fully saturated rings. The van der Waals surface area contributed by atoms with Crippen LogP contribution in [0.3, 0.4) is 0 Å². The van der Waals surface area contributed by atoms with Crippen LogP contribution < -0.4 is 0 Å². The molecule has 0 atom stereocenters. The SMILES string of the molecule is CCN(O)C1(CC)C=CC(=[N+]=[N-])C=C1. The smallest absolute Gasteiger partial charge is 0.314 e. The molecule has 0 unspecified atom stereocenters. The van der Waals surface area contributed by atoms with E-state index in [2.05, 4.69) is 4.79 Å². The lowest BCUT2D eigenvalue weighted by Crippen LogP contribution is -2.44. The van der Waals surface area contributed by atoms with Gasteiger partial charge in [-0.05, 0) is 6.42 Å². The van der Waals surface area contributed by atoms with Crippen LogP contribution in [-0.4, -0.2) is 32.9 Å². The van der Waals surface area contributed by atoms with Gasteiger partial charge in [-0.3, -0.25) is 0 Å². The Balaban J connectivity index is 2.96. The summed E-state index contributed by atoms with van der Waals surface area (Å²) < 4.78 is 0. The van der Waals surface area contributed by atoms with Crippen LogP contribution in [0.1, 0.15) is 20.3 Å². The maximum Gasteiger partial charge on any atom is 0.314 e. The molecule has 1 aliphatic carbocycles. The van der Waals surface area contributed by atoms with E-state index >= 15 is 0 Å². The van der Waals surface area contributed by atoms with E-state index in [4.69, 9.17) is 5.53 Å². The second-order valence-electron chi connectivity index (χ2n) is 3.25. The topological polar surface area (TPSA) is 59.9 Å². The zero-order valence-corrected chi connectivity index (χ0v) is 8.51. The Kier molecular flexibility index (Phi) is 3.36. The van der Waals surface area contributed by atoms with Gasteiger partial charge in [0.1, 0.15) is 0 Å². The minimum absolute atomic E-state index is 0.455. The fourth-order valence-corrected chi connectivity index (χ4v) is 1.52. The third kappa shape index (κ3) is 1.82. The molecule has 0 saturated heterocycles. The Morgan fingerprint density at radius 3 is 2.36 bits per heavy atom. The van der Waals surface area contributed by atoms with E-state index in [1.807, 2.05) is 26.0 Å². The summed E-state index contributed by atoms with van der Waals surface area (Å²) in [5.74, 6) is 0. The van der Waals surface area contributed by atoms with Gasteiger partial charge in [0.05, 0.1) is 5.54 Å². The lowest BCUT2D eigenvalue weighted by atomic mass is 9.90. The quantitative estimate of drug-likeness (QED) is 0.421. The van der Waals surface area contributed by atoms with Crippen LogP contribution in [0, 0.1) is 0 Å². The molecule has 1 rings (SSSR count). The average molecular weight is 193 g/mol. The summed E-state index contributed by atoms with van der Waals surface area (Å²) in [4.78, 5) is 3.08. The maximum absolute atomic E-state index is 9.72. The van der Waals surface area contributed by atoms with E-state index < -0.39 is 5.54 Å². The second-order valence-corrected chi connectivity index (χ2v) is 3.25. The summed E-state index contributed by atoms with van der Waals surface area (Å²) in [7, 11) is 0. The van der Waals surface area contributed by atoms with Crippen molar-refractivity contribution in [2.45, 2.75) is 25.8 Å². The predicted octanol–water partition coefficient (Wildman–Crippen LogP) is 1.64. The van der Waals surface area contributed by atoms with Gasteiger partial charge < -0.3 is 10.7 Å². The standard InChI is InChI=1S/C10H15N3O/c1-3-10(13(14)4-2)7-5-9(12-11)6-8-10/h5-8,14H,3-4H2,1-2H3. The molecule has 4 heteroatoms. The third-order valence-electron chi connectivity index (χ3n) is 2.55. The highest BCUT2D eigenvalue weighted by Gasteiger charge is 2.31. The molecule has 1 N–H and O–H groups in total.